The molecule has 0 fully saturated rings. The maximum Gasteiger partial charge on any atom is 0.226 e. The van der Waals surface area contributed by atoms with E-state index in [1.165, 1.54) is 0 Å². The molecule has 0 aromatic carbocycles. The lowest BCUT2D eigenvalue weighted by atomic mass is 10.4. The first-order valence-corrected chi connectivity index (χ1v) is 6.27. The Morgan fingerprint density at radius 1 is 1.29 bits per heavy atom. The van der Waals surface area contributed by atoms with Crippen LogP contribution >= 0.6 is 11.8 Å². The molecule has 0 saturated heterocycles. The van der Waals surface area contributed by atoms with Crippen LogP contribution < -0.4 is 5.32 Å². The molecule has 5 heteroatoms. The Morgan fingerprint density at radius 3 is 2.79 bits per heavy atom. The number of thioether (sulfide) groups is 1. The second kappa shape index (κ2) is 6.84. The zero-order valence-corrected chi connectivity index (χ0v) is 9.56. The van der Waals surface area contributed by atoms with E-state index in [-0.39, 0.29) is 0 Å². The highest BCUT2D eigenvalue weighted by atomic mass is 32.2. The van der Waals surface area contributed by atoms with Crippen molar-refractivity contribution in [1.82, 2.24) is 15.5 Å². The largest absolute Gasteiger partial charge is 0.424 e. The molecule has 1 N–H and O–H groups in total. The lowest BCUT2D eigenvalue weighted by Crippen LogP contribution is -2.17. The standard InChI is InChI=1S/C9H17N3OS/c1-3-5-10-6-4-8-11-12-9(13-8)7-14-2/h10H,3-7H2,1-2H3. The Bertz CT molecular complexity index is 252. The van der Waals surface area contributed by atoms with Gasteiger partial charge in [-0.25, -0.2) is 0 Å². The molecule has 0 atom stereocenters. The van der Waals surface area contributed by atoms with Crippen molar-refractivity contribution in [3.63, 3.8) is 0 Å². The van der Waals surface area contributed by atoms with Gasteiger partial charge in [0.05, 0.1) is 5.75 Å². The summed E-state index contributed by atoms with van der Waals surface area (Å²) in [5.74, 6) is 2.26. The van der Waals surface area contributed by atoms with Crippen molar-refractivity contribution in [2.45, 2.75) is 25.5 Å². The Morgan fingerprint density at radius 2 is 2.07 bits per heavy atom. The van der Waals surface area contributed by atoms with Crippen molar-refractivity contribution in [1.29, 1.82) is 0 Å². The van der Waals surface area contributed by atoms with Gasteiger partial charge < -0.3 is 9.73 Å². The second-order valence-electron chi connectivity index (χ2n) is 3.02. The van der Waals surface area contributed by atoms with Gasteiger partial charge in [0.15, 0.2) is 0 Å². The van der Waals surface area contributed by atoms with Crippen molar-refractivity contribution in [3.05, 3.63) is 11.8 Å². The average Bonchev–Trinajstić information content (AvgIpc) is 2.61. The second-order valence-corrected chi connectivity index (χ2v) is 3.89. The lowest BCUT2D eigenvalue weighted by Gasteiger charge is -1.98. The van der Waals surface area contributed by atoms with E-state index < -0.39 is 0 Å². The van der Waals surface area contributed by atoms with Crippen LogP contribution in [-0.4, -0.2) is 29.5 Å². The van der Waals surface area contributed by atoms with Crippen LogP contribution in [-0.2, 0) is 12.2 Å². The van der Waals surface area contributed by atoms with Gasteiger partial charge in [-0.2, -0.15) is 11.8 Å². The van der Waals surface area contributed by atoms with Gasteiger partial charge in [-0.3, -0.25) is 0 Å². The van der Waals surface area contributed by atoms with E-state index in [9.17, 15) is 0 Å². The summed E-state index contributed by atoms with van der Waals surface area (Å²) < 4.78 is 5.42. The van der Waals surface area contributed by atoms with Gasteiger partial charge in [-0.15, -0.1) is 10.2 Å². The van der Waals surface area contributed by atoms with E-state index >= 15 is 0 Å². The normalized spacial score (nSPS) is 10.7. The predicted octanol–water partition coefficient (Wildman–Crippen LogP) is 1.47. The van der Waals surface area contributed by atoms with Gasteiger partial charge in [-0.05, 0) is 19.2 Å². The quantitative estimate of drug-likeness (QED) is 0.698. The number of aromatic nitrogens is 2. The van der Waals surface area contributed by atoms with E-state index in [1.54, 1.807) is 11.8 Å². The minimum absolute atomic E-state index is 0.725. The Hall–Kier alpha value is -0.550. The van der Waals surface area contributed by atoms with E-state index in [4.69, 9.17) is 4.42 Å². The fourth-order valence-corrected chi connectivity index (χ4v) is 1.43. The van der Waals surface area contributed by atoms with Crippen LogP contribution in [0.2, 0.25) is 0 Å². The smallest absolute Gasteiger partial charge is 0.226 e. The molecule has 0 radical (unpaired) electrons. The summed E-state index contributed by atoms with van der Waals surface area (Å²) in [5, 5.41) is 11.2. The number of hydrogen-bond acceptors (Lipinski definition) is 5. The summed E-state index contributed by atoms with van der Waals surface area (Å²) in [6.07, 6.45) is 4.00. The topological polar surface area (TPSA) is 51.0 Å². The highest BCUT2D eigenvalue weighted by Crippen LogP contribution is 2.07. The third kappa shape index (κ3) is 4.11. The first-order chi connectivity index (χ1) is 6.86. The third-order valence-corrected chi connectivity index (χ3v) is 2.25. The van der Waals surface area contributed by atoms with Crippen LogP contribution in [0, 0.1) is 0 Å². The fraction of sp³-hybridized carbons (Fsp3) is 0.778. The van der Waals surface area contributed by atoms with Crippen molar-refractivity contribution in [2.75, 3.05) is 19.3 Å². The van der Waals surface area contributed by atoms with Gasteiger partial charge in [0.2, 0.25) is 11.8 Å². The zero-order chi connectivity index (χ0) is 10.2. The fourth-order valence-electron chi connectivity index (χ4n) is 1.07. The zero-order valence-electron chi connectivity index (χ0n) is 8.75. The van der Waals surface area contributed by atoms with Gasteiger partial charge >= 0.3 is 0 Å². The Balaban J connectivity index is 2.22. The minimum atomic E-state index is 0.725. The molecule has 0 amide bonds. The molecule has 0 aliphatic carbocycles. The summed E-state index contributed by atoms with van der Waals surface area (Å²) in [6.45, 7) is 4.11. The van der Waals surface area contributed by atoms with Gasteiger partial charge in [-0.1, -0.05) is 6.92 Å². The number of nitrogens with zero attached hydrogens (tertiary/aromatic N) is 2. The van der Waals surface area contributed by atoms with E-state index in [0.29, 0.717) is 0 Å². The molecule has 1 heterocycles. The van der Waals surface area contributed by atoms with Crippen LogP contribution in [0.3, 0.4) is 0 Å². The number of rotatable bonds is 7. The van der Waals surface area contributed by atoms with Crippen LogP contribution in [0.4, 0.5) is 0 Å². The summed E-state index contributed by atoms with van der Waals surface area (Å²) in [4.78, 5) is 0. The maximum atomic E-state index is 5.42. The summed E-state index contributed by atoms with van der Waals surface area (Å²) in [6, 6.07) is 0. The van der Waals surface area contributed by atoms with Gasteiger partial charge in [0.1, 0.15) is 0 Å². The molecule has 4 nitrogen and oxygen atoms in total. The van der Waals surface area contributed by atoms with Crippen LogP contribution in [0.25, 0.3) is 0 Å². The van der Waals surface area contributed by atoms with E-state index in [2.05, 4.69) is 22.4 Å². The summed E-state index contributed by atoms with van der Waals surface area (Å²) in [5.41, 5.74) is 0. The molecule has 1 rings (SSSR count). The number of hydrogen-bond donors (Lipinski definition) is 1. The first kappa shape index (κ1) is 11.5. The van der Waals surface area contributed by atoms with Crippen LogP contribution in [0.5, 0.6) is 0 Å². The highest BCUT2D eigenvalue weighted by Gasteiger charge is 2.03. The average molecular weight is 215 g/mol. The predicted molar refractivity (Wildman–Crippen MR) is 58.4 cm³/mol. The molecule has 0 aliphatic rings. The molecule has 80 valence electrons. The van der Waals surface area contributed by atoms with Crippen LogP contribution in [0.1, 0.15) is 25.1 Å². The molecule has 0 aliphatic heterocycles. The lowest BCUT2D eigenvalue weighted by molar-refractivity contribution is 0.458. The Labute approximate surface area is 88.9 Å². The van der Waals surface area contributed by atoms with E-state index in [1.807, 2.05) is 6.26 Å². The minimum Gasteiger partial charge on any atom is -0.424 e. The van der Waals surface area contributed by atoms with Crippen molar-refractivity contribution in [2.24, 2.45) is 0 Å². The molecule has 0 unspecified atom stereocenters. The third-order valence-electron chi connectivity index (χ3n) is 1.72. The molecular weight excluding hydrogens is 198 g/mol. The molecule has 0 saturated carbocycles. The molecular formula is C9H17N3OS. The van der Waals surface area contributed by atoms with Crippen molar-refractivity contribution >= 4 is 11.8 Å². The summed E-state index contributed by atoms with van der Waals surface area (Å²) in [7, 11) is 0. The van der Waals surface area contributed by atoms with Crippen LogP contribution in [0.15, 0.2) is 4.42 Å². The van der Waals surface area contributed by atoms with Crippen molar-refractivity contribution < 1.29 is 4.42 Å². The first-order valence-electron chi connectivity index (χ1n) is 4.87. The highest BCUT2D eigenvalue weighted by molar-refractivity contribution is 7.97. The maximum absolute atomic E-state index is 5.42. The molecule has 1 aromatic heterocycles. The SMILES string of the molecule is CCCNCCc1nnc(CSC)o1. The van der Waals surface area contributed by atoms with Gasteiger partial charge in [0, 0.05) is 13.0 Å². The van der Waals surface area contributed by atoms with Gasteiger partial charge in [0.25, 0.3) is 0 Å². The van der Waals surface area contributed by atoms with Crippen molar-refractivity contribution in [3.8, 4) is 0 Å². The molecule has 0 spiro atoms. The molecule has 0 bridgehead atoms. The monoisotopic (exact) mass is 215 g/mol. The molecule has 14 heavy (non-hydrogen) atoms. The number of nitrogens with one attached hydrogen (secondary N) is 1. The molecule has 1 aromatic rings. The Kier molecular flexibility index (Phi) is 5.63. The van der Waals surface area contributed by atoms with E-state index in [0.717, 1.165) is 43.5 Å². The summed E-state index contributed by atoms with van der Waals surface area (Å²) >= 11 is 1.69.